The molecule has 2 N–H and O–H groups in total. The van der Waals surface area contributed by atoms with Gasteiger partial charge in [0.1, 0.15) is 6.33 Å². The molecule has 0 saturated carbocycles. The fourth-order valence-electron chi connectivity index (χ4n) is 1.90. The maximum Gasteiger partial charge on any atom is 0.100 e. The van der Waals surface area contributed by atoms with Gasteiger partial charge < -0.3 is 5.73 Å². The van der Waals surface area contributed by atoms with E-state index in [0.29, 0.717) is 10.7 Å². The lowest BCUT2D eigenvalue weighted by atomic mass is 10.2. The van der Waals surface area contributed by atoms with Crippen LogP contribution in [0.2, 0.25) is 5.02 Å². The summed E-state index contributed by atoms with van der Waals surface area (Å²) >= 11 is 5.89. The van der Waals surface area contributed by atoms with E-state index in [-0.39, 0.29) is 0 Å². The number of rotatable bonds is 1. The van der Waals surface area contributed by atoms with E-state index in [1.165, 1.54) is 0 Å². The molecule has 0 spiro atoms. The van der Waals surface area contributed by atoms with Gasteiger partial charge in [-0.05, 0) is 30.3 Å². The van der Waals surface area contributed by atoms with E-state index in [2.05, 4.69) is 4.98 Å². The standard InChI is InChI=1S/C13H10ClN3/c14-9-5-6-12(10(15)7-9)17-8-16-11-3-1-2-4-13(11)17/h1-8H,15H2. The van der Waals surface area contributed by atoms with Gasteiger partial charge in [-0.25, -0.2) is 4.98 Å². The normalized spacial score (nSPS) is 10.9. The number of aromatic nitrogens is 2. The van der Waals surface area contributed by atoms with Gasteiger partial charge in [0, 0.05) is 5.02 Å². The molecule has 3 aromatic rings. The quantitative estimate of drug-likeness (QED) is 0.667. The Morgan fingerprint density at radius 2 is 1.94 bits per heavy atom. The first-order chi connectivity index (χ1) is 8.25. The van der Waals surface area contributed by atoms with E-state index in [1.807, 2.05) is 41.0 Å². The predicted octanol–water partition coefficient (Wildman–Crippen LogP) is 3.26. The summed E-state index contributed by atoms with van der Waals surface area (Å²) in [6, 6.07) is 13.4. The minimum Gasteiger partial charge on any atom is -0.397 e. The van der Waals surface area contributed by atoms with E-state index in [4.69, 9.17) is 17.3 Å². The number of para-hydroxylation sites is 2. The van der Waals surface area contributed by atoms with Crippen molar-refractivity contribution in [3.05, 3.63) is 53.8 Å². The van der Waals surface area contributed by atoms with Gasteiger partial charge >= 0.3 is 0 Å². The van der Waals surface area contributed by atoms with E-state index in [1.54, 1.807) is 12.4 Å². The third-order valence-electron chi connectivity index (χ3n) is 2.70. The molecular weight excluding hydrogens is 234 g/mol. The smallest absolute Gasteiger partial charge is 0.100 e. The Kier molecular flexibility index (Phi) is 2.27. The van der Waals surface area contributed by atoms with Gasteiger partial charge in [0.15, 0.2) is 0 Å². The highest BCUT2D eigenvalue weighted by molar-refractivity contribution is 6.30. The molecule has 0 unspecified atom stereocenters. The summed E-state index contributed by atoms with van der Waals surface area (Å²) in [5.41, 5.74) is 9.48. The molecule has 17 heavy (non-hydrogen) atoms. The number of nitrogen functional groups attached to an aromatic ring is 1. The summed E-state index contributed by atoms with van der Waals surface area (Å²) in [5.74, 6) is 0. The van der Waals surface area contributed by atoms with Crippen molar-refractivity contribution >= 4 is 28.3 Å². The summed E-state index contributed by atoms with van der Waals surface area (Å²) < 4.78 is 1.96. The molecule has 3 nitrogen and oxygen atoms in total. The summed E-state index contributed by atoms with van der Waals surface area (Å²) in [4.78, 5) is 4.33. The SMILES string of the molecule is Nc1cc(Cl)ccc1-n1cnc2ccccc21. The minimum absolute atomic E-state index is 0.635. The number of hydrogen-bond donors (Lipinski definition) is 1. The van der Waals surface area contributed by atoms with Crippen molar-refractivity contribution in [3.63, 3.8) is 0 Å². The molecule has 1 aromatic heterocycles. The zero-order valence-corrected chi connectivity index (χ0v) is 9.72. The van der Waals surface area contributed by atoms with Gasteiger partial charge in [0.2, 0.25) is 0 Å². The number of fused-ring (bicyclic) bond motifs is 1. The molecule has 1 heterocycles. The van der Waals surface area contributed by atoms with E-state index in [9.17, 15) is 0 Å². The van der Waals surface area contributed by atoms with Crippen LogP contribution in [0, 0.1) is 0 Å². The largest absolute Gasteiger partial charge is 0.397 e. The zero-order valence-electron chi connectivity index (χ0n) is 8.97. The van der Waals surface area contributed by atoms with Crippen molar-refractivity contribution in [3.8, 4) is 5.69 Å². The minimum atomic E-state index is 0.635. The number of benzene rings is 2. The van der Waals surface area contributed by atoms with Crippen LogP contribution in [0.25, 0.3) is 16.7 Å². The van der Waals surface area contributed by atoms with Crippen LogP contribution in [0.4, 0.5) is 5.69 Å². The van der Waals surface area contributed by atoms with Gasteiger partial charge in [0.05, 0.1) is 22.4 Å². The molecule has 0 bridgehead atoms. The Morgan fingerprint density at radius 1 is 1.12 bits per heavy atom. The summed E-state index contributed by atoms with van der Waals surface area (Å²) in [6.45, 7) is 0. The topological polar surface area (TPSA) is 43.8 Å². The second-order valence-corrected chi connectivity index (χ2v) is 4.24. The molecule has 0 radical (unpaired) electrons. The van der Waals surface area contributed by atoms with Crippen LogP contribution in [0.1, 0.15) is 0 Å². The van der Waals surface area contributed by atoms with E-state index in [0.717, 1.165) is 16.7 Å². The van der Waals surface area contributed by atoms with E-state index >= 15 is 0 Å². The summed E-state index contributed by atoms with van der Waals surface area (Å²) in [5, 5.41) is 0.635. The van der Waals surface area contributed by atoms with Crippen molar-refractivity contribution in [2.75, 3.05) is 5.73 Å². The predicted molar refractivity (Wildman–Crippen MR) is 70.5 cm³/mol. The number of nitrogens with zero attached hydrogens (tertiary/aromatic N) is 2. The Hall–Kier alpha value is -2.00. The van der Waals surface area contributed by atoms with Crippen LogP contribution in [-0.2, 0) is 0 Å². The third kappa shape index (κ3) is 1.65. The molecule has 0 fully saturated rings. The van der Waals surface area contributed by atoms with Crippen molar-refractivity contribution < 1.29 is 0 Å². The lowest BCUT2D eigenvalue weighted by Crippen LogP contribution is -1.98. The third-order valence-corrected chi connectivity index (χ3v) is 2.94. The van der Waals surface area contributed by atoms with Crippen LogP contribution < -0.4 is 5.73 Å². The number of hydrogen-bond acceptors (Lipinski definition) is 2. The summed E-state index contributed by atoms with van der Waals surface area (Å²) in [7, 11) is 0. The van der Waals surface area contributed by atoms with Gasteiger partial charge in [-0.2, -0.15) is 0 Å². The first-order valence-corrected chi connectivity index (χ1v) is 5.61. The molecule has 2 aromatic carbocycles. The second kappa shape index (κ2) is 3.79. The molecule has 0 amide bonds. The van der Waals surface area contributed by atoms with Crippen molar-refractivity contribution in [2.24, 2.45) is 0 Å². The molecule has 0 aliphatic heterocycles. The Labute approximate surface area is 103 Å². The molecule has 4 heteroatoms. The molecule has 3 rings (SSSR count). The van der Waals surface area contributed by atoms with Crippen molar-refractivity contribution in [1.29, 1.82) is 0 Å². The van der Waals surface area contributed by atoms with E-state index < -0.39 is 0 Å². The zero-order chi connectivity index (χ0) is 11.8. The van der Waals surface area contributed by atoms with Crippen LogP contribution in [0.15, 0.2) is 48.8 Å². The average Bonchev–Trinajstić information content (AvgIpc) is 2.73. The Morgan fingerprint density at radius 3 is 2.76 bits per heavy atom. The summed E-state index contributed by atoms with van der Waals surface area (Å²) in [6.07, 6.45) is 1.77. The molecule has 0 aliphatic carbocycles. The lowest BCUT2D eigenvalue weighted by Gasteiger charge is -2.07. The molecule has 0 aliphatic rings. The number of nitrogens with two attached hydrogens (primary N) is 1. The number of imidazole rings is 1. The van der Waals surface area contributed by atoms with Gasteiger partial charge in [0.25, 0.3) is 0 Å². The maximum absolute atomic E-state index is 5.97. The maximum atomic E-state index is 5.97. The van der Waals surface area contributed by atoms with Gasteiger partial charge in [-0.15, -0.1) is 0 Å². The average molecular weight is 244 g/mol. The van der Waals surface area contributed by atoms with Gasteiger partial charge in [-0.3, -0.25) is 4.57 Å². The van der Waals surface area contributed by atoms with Crippen LogP contribution >= 0.6 is 11.6 Å². The van der Waals surface area contributed by atoms with Gasteiger partial charge in [-0.1, -0.05) is 23.7 Å². The second-order valence-electron chi connectivity index (χ2n) is 3.81. The van der Waals surface area contributed by atoms with Crippen LogP contribution in [0.5, 0.6) is 0 Å². The Balaban J connectivity index is 2.27. The number of anilines is 1. The molecule has 0 saturated heterocycles. The Bertz CT molecular complexity index is 688. The highest BCUT2D eigenvalue weighted by atomic mass is 35.5. The molecular formula is C13H10ClN3. The fourth-order valence-corrected chi connectivity index (χ4v) is 2.08. The van der Waals surface area contributed by atoms with Crippen LogP contribution in [-0.4, -0.2) is 9.55 Å². The highest BCUT2D eigenvalue weighted by Crippen LogP contribution is 2.25. The lowest BCUT2D eigenvalue weighted by molar-refractivity contribution is 1.10. The highest BCUT2D eigenvalue weighted by Gasteiger charge is 2.06. The van der Waals surface area contributed by atoms with Crippen LogP contribution in [0.3, 0.4) is 0 Å². The fraction of sp³-hybridized carbons (Fsp3) is 0. The molecule has 84 valence electrons. The van der Waals surface area contributed by atoms with Crippen molar-refractivity contribution in [1.82, 2.24) is 9.55 Å². The van der Waals surface area contributed by atoms with Crippen molar-refractivity contribution in [2.45, 2.75) is 0 Å². The first-order valence-electron chi connectivity index (χ1n) is 5.23. The first kappa shape index (κ1) is 10.2. The monoisotopic (exact) mass is 243 g/mol. The number of halogens is 1. The molecule has 0 atom stereocenters.